The quantitative estimate of drug-likeness (QED) is 0.112. The number of imide groups is 2. The highest BCUT2D eigenvalue weighted by molar-refractivity contribution is 7.18. The summed E-state index contributed by atoms with van der Waals surface area (Å²) in [5.41, 5.74) is -0.436. The van der Waals surface area contributed by atoms with Gasteiger partial charge in [-0.05, 0) is 126 Å². The highest BCUT2D eigenvalue weighted by atomic mass is 32.1. The third-order valence-corrected chi connectivity index (χ3v) is 14.1. The molecule has 328 valence electrons. The molecular weight excluding hydrogens is 824 g/mol. The Kier molecular flexibility index (Phi) is 12.0. The van der Waals surface area contributed by atoms with E-state index in [-0.39, 0.29) is 41.3 Å². The summed E-state index contributed by atoms with van der Waals surface area (Å²) < 4.78 is 40.6. The monoisotopic (exact) mass is 873 g/mol. The second kappa shape index (κ2) is 17.1. The molecule has 2 saturated heterocycles. The topological polar surface area (TPSA) is 174 Å². The molecule has 3 aliphatic heterocycles. The molecule has 5 amide bonds. The maximum Gasteiger partial charge on any atom is 0.433 e. The van der Waals surface area contributed by atoms with Gasteiger partial charge in [0.25, 0.3) is 17.7 Å². The van der Waals surface area contributed by atoms with Gasteiger partial charge in [0.15, 0.2) is 0 Å². The van der Waals surface area contributed by atoms with E-state index in [1.165, 1.54) is 17.4 Å². The number of likely N-dealkylation sites (tertiary alicyclic amines) is 1. The van der Waals surface area contributed by atoms with Gasteiger partial charge in [0, 0.05) is 42.4 Å². The van der Waals surface area contributed by atoms with Crippen molar-refractivity contribution in [2.75, 3.05) is 36.8 Å². The van der Waals surface area contributed by atoms with Crippen LogP contribution in [-0.2, 0) is 21.4 Å². The van der Waals surface area contributed by atoms with Gasteiger partial charge in [-0.2, -0.15) is 13.2 Å². The van der Waals surface area contributed by atoms with Crippen LogP contribution in [0.5, 0.6) is 0 Å². The third-order valence-electron chi connectivity index (χ3n) is 13.0. The number of alkyl halides is 3. The second-order valence-corrected chi connectivity index (χ2v) is 18.8. The van der Waals surface area contributed by atoms with E-state index in [4.69, 9.17) is 4.98 Å². The van der Waals surface area contributed by atoms with Crippen molar-refractivity contribution in [3.05, 3.63) is 81.6 Å². The van der Waals surface area contributed by atoms with Gasteiger partial charge in [0.2, 0.25) is 11.8 Å². The lowest BCUT2D eigenvalue weighted by atomic mass is 9.81. The Hall–Kier alpha value is -5.26. The number of fused-ring (bicyclic) bond motifs is 2. The number of benzene rings is 2. The number of piperidine rings is 2. The van der Waals surface area contributed by atoms with Gasteiger partial charge in [-0.15, -0.1) is 11.3 Å². The minimum absolute atomic E-state index is 0.0684. The van der Waals surface area contributed by atoms with Gasteiger partial charge >= 0.3 is 6.18 Å². The molecule has 17 heteroatoms. The summed E-state index contributed by atoms with van der Waals surface area (Å²) >= 11 is 1.54. The van der Waals surface area contributed by atoms with Crippen molar-refractivity contribution in [2.45, 2.75) is 95.9 Å². The molecule has 0 radical (unpaired) electrons. The number of amides is 5. The predicted octanol–water partition coefficient (Wildman–Crippen LogP) is 7.33. The van der Waals surface area contributed by atoms with E-state index in [1.54, 1.807) is 44.2 Å². The number of thiazole rings is 1. The van der Waals surface area contributed by atoms with E-state index in [2.05, 4.69) is 32.8 Å². The molecule has 0 bridgehead atoms. The van der Waals surface area contributed by atoms with Crippen molar-refractivity contribution in [1.82, 2.24) is 25.1 Å². The first-order valence-corrected chi connectivity index (χ1v) is 22.1. The van der Waals surface area contributed by atoms with Gasteiger partial charge < -0.3 is 20.6 Å². The van der Waals surface area contributed by atoms with Crippen molar-refractivity contribution in [3.63, 3.8) is 0 Å². The molecule has 0 spiro atoms. The molecule has 62 heavy (non-hydrogen) atoms. The summed E-state index contributed by atoms with van der Waals surface area (Å²) in [5.74, 6) is -1.23. The molecule has 13 nitrogen and oxygen atoms in total. The maximum absolute atomic E-state index is 13.5. The molecule has 1 aliphatic carbocycles. The molecule has 2 aromatic heterocycles. The van der Waals surface area contributed by atoms with E-state index < -0.39 is 53.0 Å². The lowest BCUT2D eigenvalue weighted by molar-refractivity contribution is -0.141. The molecule has 4 N–H and O–H groups in total. The minimum Gasteiger partial charge on any atom is -0.386 e. The Balaban J connectivity index is 0.824. The van der Waals surface area contributed by atoms with Crippen LogP contribution in [0.2, 0.25) is 0 Å². The Labute approximate surface area is 360 Å². The third kappa shape index (κ3) is 8.97. The van der Waals surface area contributed by atoms with Gasteiger partial charge in [0.1, 0.15) is 17.4 Å². The molecule has 1 saturated carbocycles. The average molecular weight is 874 g/mol. The minimum atomic E-state index is -4.70. The van der Waals surface area contributed by atoms with Gasteiger partial charge in [-0.3, -0.25) is 34.2 Å². The number of hydrogen-bond acceptors (Lipinski definition) is 11. The van der Waals surface area contributed by atoms with Crippen molar-refractivity contribution in [2.24, 2.45) is 17.8 Å². The molecule has 4 aliphatic rings. The maximum atomic E-state index is 13.5. The highest BCUT2D eigenvalue weighted by Crippen LogP contribution is 2.42. The largest absolute Gasteiger partial charge is 0.433 e. The summed E-state index contributed by atoms with van der Waals surface area (Å²) in [7, 11) is 0. The fraction of sp³-hybridized carbons (Fsp3) is 0.489. The Morgan fingerprint density at radius 1 is 0.935 bits per heavy atom. The molecule has 2 aromatic carbocycles. The van der Waals surface area contributed by atoms with Gasteiger partial charge in [0.05, 0.1) is 32.0 Å². The van der Waals surface area contributed by atoms with E-state index >= 15 is 0 Å². The van der Waals surface area contributed by atoms with Gasteiger partial charge in [-0.1, -0.05) is 19.1 Å². The molecule has 3 fully saturated rings. The van der Waals surface area contributed by atoms with Crippen LogP contribution in [0.1, 0.15) is 126 Å². The summed E-state index contributed by atoms with van der Waals surface area (Å²) in [6.07, 6.45) is 1.74. The number of hydrogen-bond donors (Lipinski definition) is 4. The molecule has 4 aromatic rings. The van der Waals surface area contributed by atoms with Crippen LogP contribution >= 0.6 is 11.3 Å². The number of rotatable bonds is 11. The first-order chi connectivity index (χ1) is 29.4. The lowest BCUT2D eigenvalue weighted by Crippen LogP contribution is -2.54. The fourth-order valence-corrected chi connectivity index (χ4v) is 10.6. The number of nitrogens with zero attached hydrogens (tertiary/aromatic N) is 4. The smallest absolute Gasteiger partial charge is 0.386 e. The van der Waals surface area contributed by atoms with Crippen molar-refractivity contribution in [3.8, 4) is 0 Å². The molecule has 5 heterocycles. The number of nitrogens with one attached hydrogen (secondary N) is 3. The summed E-state index contributed by atoms with van der Waals surface area (Å²) in [5, 5.41) is 20.4. The highest BCUT2D eigenvalue weighted by Gasteiger charge is 2.46. The first kappa shape index (κ1) is 43.4. The average Bonchev–Trinajstić information content (AvgIpc) is 3.77. The normalized spacial score (nSPS) is 22.2. The van der Waals surface area contributed by atoms with Crippen LogP contribution in [0.3, 0.4) is 0 Å². The zero-order chi connectivity index (χ0) is 44.1. The first-order valence-electron chi connectivity index (χ1n) is 21.3. The van der Waals surface area contributed by atoms with Crippen LogP contribution in [0.4, 0.5) is 24.5 Å². The number of anilines is 2. The number of pyridine rings is 1. The lowest BCUT2D eigenvalue weighted by Gasteiger charge is -2.38. The predicted molar refractivity (Wildman–Crippen MR) is 227 cm³/mol. The van der Waals surface area contributed by atoms with Crippen molar-refractivity contribution < 1.29 is 42.3 Å². The molecular formula is C45H50F3N7O6S. The summed E-state index contributed by atoms with van der Waals surface area (Å²) in [6.45, 7) is 9.05. The molecule has 2 atom stereocenters. The zero-order valence-corrected chi connectivity index (χ0v) is 35.6. The van der Waals surface area contributed by atoms with Crippen molar-refractivity contribution in [1.29, 1.82) is 0 Å². The second-order valence-electron chi connectivity index (χ2n) is 17.7. The van der Waals surface area contributed by atoms with Gasteiger partial charge in [-0.25, -0.2) is 9.97 Å². The Morgan fingerprint density at radius 2 is 1.66 bits per heavy atom. The summed E-state index contributed by atoms with van der Waals surface area (Å²) in [6, 6.07) is 10.8. The number of carbonyl (C=O) groups is 5. The van der Waals surface area contributed by atoms with E-state index in [0.717, 1.165) is 84.9 Å². The summed E-state index contributed by atoms with van der Waals surface area (Å²) in [4.78, 5) is 76.1. The number of aromatic nitrogens is 2. The Morgan fingerprint density at radius 3 is 2.35 bits per heavy atom. The SMILES string of the molecule is C[C@H](CNc1cccc2c1C(=O)N(C1CCC(=O)NC1=O)C2=O)C1CCN(C[C@H]2CC[C@H](c3nc4cc(C(C)(C)O)c(NC(=O)c5cccc(C(F)(F)F)n5)cc4s3)CC2)CC1. The van der Waals surface area contributed by atoms with E-state index in [9.17, 15) is 42.3 Å². The van der Waals surface area contributed by atoms with Crippen LogP contribution in [0.25, 0.3) is 10.2 Å². The molecule has 8 rings (SSSR count). The standard InChI is InChI=1S/C45H50F3N7O6S/c1-24(22-49-30-7-4-6-28-38(30)43(60)55(42(28)59)34-14-15-37(56)53-40(34)58)26-16-18-54(19-17-26)23-25-10-12-27(13-11-25)41-52-33-20-29(44(2,3)61)32(21-35(33)62-41)51-39(57)31-8-5-9-36(50-31)45(46,47)48/h4-9,20-21,24-27,34,49,61H,10-19,22-23H2,1-3H3,(H,51,57)(H,53,56,58)/t24-,25-,27-,34?/m1/s1. The van der Waals surface area contributed by atoms with E-state index in [1.807, 2.05) is 0 Å². The van der Waals surface area contributed by atoms with Crippen LogP contribution in [0.15, 0.2) is 48.5 Å². The van der Waals surface area contributed by atoms with Crippen LogP contribution < -0.4 is 16.0 Å². The number of halogens is 3. The van der Waals surface area contributed by atoms with E-state index in [0.29, 0.717) is 41.1 Å². The fourth-order valence-electron chi connectivity index (χ4n) is 9.44. The van der Waals surface area contributed by atoms with Crippen LogP contribution in [-0.4, -0.2) is 86.6 Å². The van der Waals surface area contributed by atoms with Crippen molar-refractivity contribution >= 4 is 62.5 Å². The number of carbonyl (C=O) groups excluding carboxylic acids is 5. The zero-order valence-electron chi connectivity index (χ0n) is 34.8. The van der Waals surface area contributed by atoms with Crippen LogP contribution in [0, 0.1) is 17.8 Å². The number of aliphatic hydroxyl groups is 1. The Bertz CT molecular complexity index is 2420. The molecule has 1 unspecified atom stereocenters.